The standard InChI is InChI=1S/C20H18BrNO3/c1-4-9-25-18-7-5-14(11-17(18)21)10-16(13-22)15-6-8-19(23-2)20(12-15)24-3/h4-8,10-12H,1,9H2,2-3H3/b16-10+. The van der Waals surface area contributed by atoms with E-state index in [4.69, 9.17) is 14.2 Å². The first-order chi connectivity index (χ1) is 12.1. The van der Waals surface area contributed by atoms with Crippen molar-refractivity contribution in [2.24, 2.45) is 0 Å². The molecule has 0 aliphatic rings. The van der Waals surface area contributed by atoms with Crippen LogP contribution in [0.5, 0.6) is 17.2 Å². The summed E-state index contributed by atoms with van der Waals surface area (Å²) in [7, 11) is 3.14. The first-order valence-electron chi connectivity index (χ1n) is 7.50. The maximum atomic E-state index is 9.53. The molecule has 0 aromatic heterocycles. The molecular weight excluding hydrogens is 382 g/mol. The van der Waals surface area contributed by atoms with Gasteiger partial charge in [0.1, 0.15) is 12.4 Å². The molecule has 0 N–H and O–H groups in total. The summed E-state index contributed by atoms with van der Waals surface area (Å²) in [5, 5.41) is 9.53. The van der Waals surface area contributed by atoms with Crippen molar-refractivity contribution < 1.29 is 14.2 Å². The van der Waals surface area contributed by atoms with Gasteiger partial charge in [0.15, 0.2) is 11.5 Å². The first kappa shape index (κ1) is 18.6. The normalized spacial score (nSPS) is 10.7. The summed E-state index contributed by atoms with van der Waals surface area (Å²) >= 11 is 3.48. The molecule has 2 rings (SSSR count). The summed E-state index contributed by atoms with van der Waals surface area (Å²) in [4.78, 5) is 0. The Kier molecular flexibility index (Phi) is 6.67. The Morgan fingerprint density at radius 2 is 1.84 bits per heavy atom. The van der Waals surface area contributed by atoms with Gasteiger partial charge in [-0.1, -0.05) is 18.7 Å². The van der Waals surface area contributed by atoms with Crippen LogP contribution in [0.3, 0.4) is 0 Å². The smallest absolute Gasteiger partial charge is 0.161 e. The lowest BCUT2D eigenvalue weighted by atomic mass is 10.0. The Morgan fingerprint density at radius 1 is 1.12 bits per heavy atom. The number of hydrogen-bond donors (Lipinski definition) is 0. The fraction of sp³-hybridized carbons (Fsp3) is 0.150. The summed E-state index contributed by atoms with van der Waals surface area (Å²) in [6, 6.07) is 13.3. The van der Waals surface area contributed by atoms with Gasteiger partial charge in [-0.25, -0.2) is 0 Å². The van der Waals surface area contributed by atoms with Gasteiger partial charge in [0.05, 0.1) is 30.3 Å². The van der Waals surface area contributed by atoms with Crippen LogP contribution >= 0.6 is 15.9 Å². The van der Waals surface area contributed by atoms with Crippen LogP contribution in [-0.2, 0) is 0 Å². The van der Waals surface area contributed by atoms with E-state index in [1.807, 2.05) is 30.3 Å². The first-order valence-corrected chi connectivity index (χ1v) is 8.29. The summed E-state index contributed by atoms with van der Waals surface area (Å²) in [6.45, 7) is 4.06. The molecule has 0 saturated heterocycles. The molecule has 5 heteroatoms. The van der Waals surface area contributed by atoms with E-state index in [9.17, 15) is 5.26 Å². The SMILES string of the molecule is C=CCOc1ccc(/C=C(\C#N)c2ccc(OC)c(OC)c2)cc1Br. The van der Waals surface area contributed by atoms with Gasteiger partial charge in [0, 0.05) is 0 Å². The summed E-state index contributed by atoms with van der Waals surface area (Å²) < 4.78 is 16.9. The number of methoxy groups -OCH3 is 2. The molecule has 0 aliphatic heterocycles. The third-order valence-electron chi connectivity index (χ3n) is 3.44. The Hall–Kier alpha value is -2.71. The quantitative estimate of drug-likeness (QED) is 0.369. The zero-order chi connectivity index (χ0) is 18.2. The monoisotopic (exact) mass is 399 g/mol. The van der Waals surface area contributed by atoms with Gasteiger partial charge < -0.3 is 14.2 Å². The Morgan fingerprint density at radius 3 is 2.44 bits per heavy atom. The van der Waals surface area contributed by atoms with Crippen molar-refractivity contribution >= 4 is 27.6 Å². The molecule has 0 spiro atoms. The van der Waals surface area contributed by atoms with E-state index >= 15 is 0 Å². The predicted molar refractivity (Wildman–Crippen MR) is 103 cm³/mol. The minimum Gasteiger partial charge on any atom is -0.493 e. The van der Waals surface area contributed by atoms with Crippen molar-refractivity contribution in [3.63, 3.8) is 0 Å². The van der Waals surface area contributed by atoms with E-state index in [-0.39, 0.29) is 0 Å². The fourth-order valence-electron chi connectivity index (χ4n) is 2.22. The number of nitriles is 1. The zero-order valence-corrected chi connectivity index (χ0v) is 15.7. The van der Waals surface area contributed by atoms with Crippen LogP contribution in [0, 0.1) is 11.3 Å². The van der Waals surface area contributed by atoms with Crippen molar-refractivity contribution in [2.75, 3.05) is 20.8 Å². The fourth-order valence-corrected chi connectivity index (χ4v) is 2.73. The van der Waals surface area contributed by atoms with Gasteiger partial charge in [-0.3, -0.25) is 0 Å². The van der Waals surface area contributed by atoms with Crippen LogP contribution < -0.4 is 14.2 Å². The van der Waals surface area contributed by atoms with E-state index < -0.39 is 0 Å². The van der Waals surface area contributed by atoms with Gasteiger partial charge in [-0.2, -0.15) is 5.26 Å². The lowest BCUT2D eigenvalue weighted by Gasteiger charge is -2.09. The maximum absolute atomic E-state index is 9.53. The molecule has 0 aliphatic carbocycles. The van der Waals surface area contributed by atoms with Crippen LogP contribution in [0.1, 0.15) is 11.1 Å². The topological polar surface area (TPSA) is 51.5 Å². The van der Waals surface area contributed by atoms with Crippen molar-refractivity contribution in [2.45, 2.75) is 0 Å². The van der Waals surface area contributed by atoms with E-state index in [2.05, 4.69) is 28.6 Å². The maximum Gasteiger partial charge on any atom is 0.161 e. The number of allylic oxidation sites excluding steroid dienone is 1. The minimum atomic E-state index is 0.433. The second kappa shape index (κ2) is 8.95. The van der Waals surface area contributed by atoms with Crippen LogP contribution in [0.4, 0.5) is 0 Å². The van der Waals surface area contributed by atoms with Crippen molar-refractivity contribution in [1.82, 2.24) is 0 Å². The Bertz CT molecular complexity index is 837. The minimum absolute atomic E-state index is 0.433. The largest absolute Gasteiger partial charge is 0.493 e. The molecule has 0 unspecified atom stereocenters. The molecule has 0 amide bonds. The molecule has 128 valence electrons. The molecule has 0 saturated carbocycles. The lowest BCUT2D eigenvalue weighted by molar-refractivity contribution is 0.355. The average molecular weight is 400 g/mol. The van der Waals surface area contributed by atoms with E-state index in [0.717, 1.165) is 21.3 Å². The molecule has 0 bridgehead atoms. The number of hydrogen-bond acceptors (Lipinski definition) is 4. The second-order valence-electron chi connectivity index (χ2n) is 5.03. The number of ether oxygens (including phenoxy) is 3. The van der Waals surface area contributed by atoms with Crippen molar-refractivity contribution in [3.05, 3.63) is 64.7 Å². The highest BCUT2D eigenvalue weighted by Gasteiger charge is 2.09. The average Bonchev–Trinajstić information content (AvgIpc) is 2.64. The van der Waals surface area contributed by atoms with Crippen molar-refractivity contribution in [1.29, 1.82) is 5.26 Å². The van der Waals surface area contributed by atoms with Gasteiger partial charge in [-0.05, 0) is 63.5 Å². The highest BCUT2D eigenvalue weighted by atomic mass is 79.9. The molecule has 2 aromatic carbocycles. The van der Waals surface area contributed by atoms with Gasteiger partial charge >= 0.3 is 0 Å². The molecule has 4 nitrogen and oxygen atoms in total. The summed E-state index contributed by atoms with van der Waals surface area (Å²) in [5.41, 5.74) is 2.15. The molecular formula is C20H18BrNO3. The highest BCUT2D eigenvalue weighted by molar-refractivity contribution is 9.10. The lowest BCUT2D eigenvalue weighted by Crippen LogP contribution is -1.94. The zero-order valence-electron chi connectivity index (χ0n) is 14.1. The molecule has 2 aromatic rings. The van der Waals surface area contributed by atoms with E-state index in [0.29, 0.717) is 23.7 Å². The van der Waals surface area contributed by atoms with Crippen molar-refractivity contribution in [3.8, 4) is 23.3 Å². The third kappa shape index (κ3) is 4.65. The van der Waals surface area contributed by atoms with Crippen LogP contribution in [-0.4, -0.2) is 20.8 Å². The number of nitrogens with zero attached hydrogens (tertiary/aromatic N) is 1. The summed E-state index contributed by atoms with van der Waals surface area (Å²) in [5.74, 6) is 1.92. The van der Waals surface area contributed by atoms with Crippen LogP contribution in [0.25, 0.3) is 11.6 Å². The highest BCUT2D eigenvalue weighted by Crippen LogP contribution is 2.32. The molecule has 0 fully saturated rings. The predicted octanol–water partition coefficient (Wildman–Crippen LogP) is 5.10. The third-order valence-corrected chi connectivity index (χ3v) is 4.06. The molecule has 0 heterocycles. The Balaban J connectivity index is 2.36. The van der Waals surface area contributed by atoms with Gasteiger partial charge in [0.2, 0.25) is 0 Å². The van der Waals surface area contributed by atoms with E-state index in [1.54, 1.807) is 32.4 Å². The summed E-state index contributed by atoms with van der Waals surface area (Å²) in [6.07, 6.45) is 3.49. The second-order valence-corrected chi connectivity index (χ2v) is 5.88. The van der Waals surface area contributed by atoms with Crippen LogP contribution in [0.2, 0.25) is 0 Å². The number of halogens is 1. The Labute approximate surface area is 156 Å². The van der Waals surface area contributed by atoms with Gasteiger partial charge in [-0.15, -0.1) is 0 Å². The van der Waals surface area contributed by atoms with Gasteiger partial charge in [0.25, 0.3) is 0 Å². The van der Waals surface area contributed by atoms with E-state index in [1.165, 1.54) is 0 Å². The molecule has 0 atom stereocenters. The number of rotatable bonds is 7. The molecule has 0 radical (unpaired) electrons. The molecule has 25 heavy (non-hydrogen) atoms. The number of benzene rings is 2. The van der Waals surface area contributed by atoms with Crippen LogP contribution in [0.15, 0.2) is 53.5 Å².